The number of amides is 1. The molecule has 4 heteroatoms. The van der Waals surface area contributed by atoms with E-state index in [9.17, 15) is 4.79 Å². The highest BCUT2D eigenvalue weighted by Crippen LogP contribution is 2.40. The van der Waals surface area contributed by atoms with Crippen molar-refractivity contribution in [2.75, 3.05) is 6.61 Å². The Morgan fingerprint density at radius 1 is 1.27 bits per heavy atom. The number of hydrogen-bond donors (Lipinski definition) is 1. The van der Waals surface area contributed by atoms with Gasteiger partial charge in [-0.3, -0.25) is 9.78 Å². The van der Waals surface area contributed by atoms with Crippen LogP contribution in [0.25, 0.3) is 10.9 Å². The zero-order valence-electron chi connectivity index (χ0n) is 12.5. The second-order valence-electron chi connectivity index (χ2n) is 6.49. The molecule has 2 aliphatic rings. The van der Waals surface area contributed by atoms with Gasteiger partial charge >= 0.3 is 0 Å². The monoisotopic (exact) mass is 296 g/mol. The van der Waals surface area contributed by atoms with Crippen molar-refractivity contribution in [1.82, 2.24) is 10.3 Å². The number of carbonyl (C=O) groups is 1. The predicted molar refractivity (Wildman–Crippen MR) is 84.8 cm³/mol. The maximum absolute atomic E-state index is 12.4. The molecule has 1 aliphatic heterocycles. The lowest BCUT2D eigenvalue weighted by molar-refractivity contribution is 0.00988. The third-order valence-corrected chi connectivity index (χ3v) is 4.91. The molecular formula is C18H20N2O2. The molecule has 2 aromatic rings. The third kappa shape index (κ3) is 2.48. The number of nitrogens with zero attached hydrogens (tertiary/aromatic N) is 1. The molecule has 2 heterocycles. The standard InChI is InChI=1S/C18H20N2O2/c21-17(14-9-13-5-1-2-6-16(13)19-11-14)20-15-10-18(22-12-15)7-3-4-8-18/h1-2,5-6,9,11,15H,3-4,7-8,10,12H2,(H,20,21)/t15-/m1/s1. The average molecular weight is 296 g/mol. The van der Waals surface area contributed by atoms with Gasteiger partial charge in [0.1, 0.15) is 0 Å². The summed E-state index contributed by atoms with van der Waals surface area (Å²) >= 11 is 0. The molecule has 1 saturated carbocycles. The Labute approximate surface area is 129 Å². The molecule has 2 fully saturated rings. The summed E-state index contributed by atoms with van der Waals surface area (Å²) in [5.74, 6) is -0.0538. The average Bonchev–Trinajstić information content (AvgIpc) is 3.17. The number of rotatable bonds is 2. The van der Waals surface area contributed by atoms with Crippen molar-refractivity contribution in [1.29, 1.82) is 0 Å². The van der Waals surface area contributed by atoms with E-state index >= 15 is 0 Å². The van der Waals surface area contributed by atoms with Crippen LogP contribution < -0.4 is 5.32 Å². The smallest absolute Gasteiger partial charge is 0.253 e. The van der Waals surface area contributed by atoms with Crippen molar-refractivity contribution >= 4 is 16.8 Å². The normalized spacial score (nSPS) is 23.2. The van der Waals surface area contributed by atoms with Crippen molar-refractivity contribution in [3.63, 3.8) is 0 Å². The van der Waals surface area contributed by atoms with Gasteiger partial charge in [-0.15, -0.1) is 0 Å². The molecule has 22 heavy (non-hydrogen) atoms. The van der Waals surface area contributed by atoms with Gasteiger partial charge in [0.2, 0.25) is 0 Å². The molecule has 1 amide bonds. The molecule has 4 nitrogen and oxygen atoms in total. The first-order valence-corrected chi connectivity index (χ1v) is 8.04. The van der Waals surface area contributed by atoms with E-state index in [1.54, 1.807) is 6.20 Å². The van der Waals surface area contributed by atoms with E-state index < -0.39 is 0 Å². The lowest BCUT2D eigenvalue weighted by Gasteiger charge is -2.21. The van der Waals surface area contributed by atoms with E-state index in [4.69, 9.17) is 4.74 Å². The molecule has 1 aromatic heterocycles. The first kappa shape index (κ1) is 13.7. The zero-order valence-corrected chi connectivity index (χ0v) is 12.5. The minimum atomic E-state index is -0.0538. The number of hydrogen-bond acceptors (Lipinski definition) is 3. The summed E-state index contributed by atoms with van der Waals surface area (Å²) in [6, 6.07) is 9.86. The van der Waals surface area contributed by atoms with Crippen LogP contribution in [0.1, 0.15) is 42.5 Å². The van der Waals surface area contributed by atoms with Gasteiger partial charge in [0.05, 0.1) is 29.3 Å². The molecule has 1 spiro atoms. The van der Waals surface area contributed by atoms with Crippen LogP contribution in [0.4, 0.5) is 0 Å². The predicted octanol–water partition coefficient (Wildman–Crippen LogP) is 3.07. The van der Waals surface area contributed by atoms with E-state index in [1.165, 1.54) is 12.8 Å². The van der Waals surface area contributed by atoms with E-state index in [0.29, 0.717) is 12.2 Å². The van der Waals surface area contributed by atoms with Crippen molar-refractivity contribution in [3.8, 4) is 0 Å². The number of benzene rings is 1. The summed E-state index contributed by atoms with van der Waals surface area (Å²) in [5, 5.41) is 4.10. The molecule has 1 aromatic carbocycles. The molecule has 0 unspecified atom stereocenters. The van der Waals surface area contributed by atoms with Crippen molar-refractivity contribution in [2.45, 2.75) is 43.7 Å². The van der Waals surface area contributed by atoms with Gasteiger partial charge in [0.25, 0.3) is 5.91 Å². The first-order valence-electron chi connectivity index (χ1n) is 8.04. The van der Waals surface area contributed by atoms with E-state index in [0.717, 1.165) is 30.2 Å². The summed E-state index contributed by atoms with van der Waals surface area (Å²) in [4.78, 5) is 16.8. The van der Waals surface area contributed by atoms with Gasteiger partial charge in [-0.05, 0) is 31.4 Å². The number of carbonyl (C=O) groups excluding carboxylic acids is 1. The molecule has 1 N–H and O–H groups in total. The van der Waals surface area contributed by atoms with Crippen molar-refractivity contribution in [3.05, 3.63) is 42.1 Å². The van der Waals surface area contributed by atoms with Crippen LogP contribution in [0.15, 0.2) is 36.5 Å². The van der Waals surface area contributed by atoms with Crippen LogP contribution in [-0.4, -0.2) is 29.1 Å². The molecule has 4 rings (SSSR count). The van der Waals surface area contributed by atoms with Crippen molar-refractivity contribution < 1.29 is 9.53 Å². The van der Waals surface area contributed by atoms with Crippen LogP contribution in [0.5, 0.6) is 0 Å². The second-order valence-corrected chi connectivity index (χ2v) is 6.49. The van der Waals surface area contributed by atoms with Crippen LogP contribution in [-0.2, 0) is 4.74 Å². The number of pyridine rings is 1. The van der Waals surface area contributed by atoms with E-state index in [2.05, 4.69) is 10.3 Å². The SMILES string of the molecule is O=C(N[C@H]1COC2(CCCC2)C1)c1cnc2ccccc2c1. The van der Waals surface area contributed by atoms with Crippen molar-refractivity contribution in [2.24, 2.45) is 0 Å². The molecular weight excluding hydrogens is 276 g/mol. The van der Waals surface area contributed by atoms with E-state index in [1.807, 2.05) is 30.3 Å². The Balaban J connectivity index is 1.47. The summed E-state index contributed by atoms with van der Waals surface area (Å²) in [6.45, 7) is 0.632. The van der Waals surface area contributed by atoms with Gasteiger partial charge in [-0.1, -0.05) is 31.0 Å². The lowest BCUT2D eigenvalue weighted by atomic mass is 9.96. The van der Waals surface area contributed by atoms with Gasteiger partial charge in [0, 0.05) is 11.6 Å². The highest BCUT2D eigenvalue weighted by Gasteiger charge is 2.42. The topological polar surface area (TPSA) is 51.2 Å². The summed E-state index contributed by atoms with van der Waals surface area (Å²) in [7, 11) is 0. The largest absolute Gasteiger partial charge is 0.373 e. The molecule has 1 aliphatic carbocycles. The molecule has 1 saturated heterocycles. The Bertz CT molecular complexity index is 707. The quantitative estimate of drug-likeness (QED) is 0.926. The molecule has 114 valence electrons. The Kier molecular flexibility index (Phi) is 3.34. The van der Waals surface area contributed by atoms with Crippen LogP contribution in [0.3, 0.4) is 0 Å². The van der Waals surface area contributed by atoms with E-state index in [-0.39, 0.29) is 17.6 Å². The number of fused-ring (bicyclic) bond motifs is 1. The first-order chi connectivity index (χ1) is 10.7. The van der Waals surface area contributed by atoms with Gasteiger partial charge in [-0.2, -0.15) is 0 Å². The number of ether oxygens (including phenoxy) is 1. The van der Waals surface area contributed by atoms with Crippen LogP contribution in [0.2, 0.25) is 0 Å². The highest BCUT2D eigenvalue weighted by molar-refractivity contribution is 5.97. The second kappa shape index (κ2) is 5.36. The fraction of sp³-hybridized carbons (Fsp3) is 0.444. The Morgan fingerprint density at radius 2 is 2.09 bits per heavy atom. The zero-order chi connectivity index (χ0) is 15.0. The number of aromatic nitrogens is 1. The fourth-order valence-electron chi connectivity index (χ4n) is 3.77. The summed E-state index contributed by atoms with van der Waals surface area (Å²) in [6.07, 6.45) is 7.36. The number of para-hydroxylation sites is 1. The molecule has 0 radical (unpaired) electrons. The summed E-state index contributed by atoms with van der Waals surface area (Å²) < 4.78 is 5.99. The maximum atomic E-state index is 12.4. The number of nitrogens with one attached hydrogen (secondary N) is 1. The maximum Gasteiger partial charge on any atom is 0.253 e. The highest BCUT2D eigenvalue weighted by atomic mass is 16.5. The molecule has 1 atom stereocenters. The van der Waals surface area contributed by atoms with Crippen LogP contribution >= 0.6 is 0 Å². The van der Waals surface area contributed by atoms with Gasteiger partial charge in [-0.25, -0.2) is 0 Å². The third-order valence-electron chi connectivity index (χ3n) is 4.91. The fourth-order valence-corrected chi connectivity index (χ4v) is 3.77. The van der Waals surface area contributed by atoms with Gasteiger partial charge in [0.15, 0.2) is 0 Å². The lowest BCUT2D eigenvalue weighted by Crippen LogP contribution is -2.36. The summed E-state index contributed by atoms with van der Waals surface area (Å²) in [5.41, 5.74) is 1.57. The minimum absolute atomic E-state index is 0.0413. The molecule has 0 bridgehead atoms. The van der Waals surface area contributed by atoms with Gasteiger partial charge < -0.3 is 10.1 Å². The Morgan fingerprint density at radius 3 is 2.95 bits per heavy atom. The Hall–Kier alpha value is -1.94. The minimum Gasteiger partial charge on any atom is -0.373 e. The van der Waals surface area contributed by atoms with Crippen LogP contribution in [0, 0.1) is 0 Å².